The van der Waals surface area contributed by atoms with E-state index in [1.165, 1.54) is 35.9 Å². The number of nitrogens with one attached hydrogen (secondary N) is 3. The molecule has 0 aliphatic carbocycles. The van der Waals surface area contributed by atoms with Crippen molar-refractivity contribution >= 4 is 16.9 Å². The average molecular weight is 327 g/mol. The minimum atomic E-state index is 0.592. The monoisotopic (exact) mass is 327 g/mol. The van der Waals surface area contributed by atoms with Gasteiger partial charge in [0.1, 0.15) is 0 Å². The van der Waals surface area contributed by atoms with E-state index in [0.29, 0.717) is 6.04 Å². The third kappa shape index (κ3) is 4.09. The van der Waals surface area contributed by atoms with E-state index in [0.717, 1.165) is 32.0 Å². The molecular formula is C19H29N5. The van der Waals surface area contributed by atoms with Crippen LogP contribution in [-0.2, 0) is 6.42 Å². The van der Waals surface area contributed by atoms with Crippen LogP contribution in [0.15, 0.2) is 35.5 Å². The number of nitrogens with zero attached hydrogens (tertiary/aromatic N) is 2. The zero-order chi connectivity index (χ0) is 16.8. The number of aromatic amines is 1. The SMILES string of the molecule is CCNC(=NCC1CCCN1C)NCCc1c[nH]c2ccccc12. The first-order chi connectivity index (χ1) is 11.8. The maximum atomic E-state index is 4.77. The van der Waals surface area contributed by atoms with E-state index < -0.39 is 0 Å². The lowest BCUT2D eigenvalue weighted by Crippen LogP contribution is -2.39. The molecule has 0 amide bonds. The summed E-state index contributed by atoms with van der Waals surface area (Å²) in [5, 5.41) is 8.13. The molecule has 5 heteroatoms. The maximum Gasteiger partial charge on any atom is 0.191 e. The summed E-state index contributed by atoms with van der Waals surface area (Å²) in [5.74, 6) is 0.928. The van der Waals surface area contributed by atoms with Crippen LogP contribution in [0.3, 0.4) is 0 Å². The van der Waals surface area contributed by atoms with Crippen molar-refractivity contribution in [1.82, 2.24) is 20.5 Å². The van der Waals surface area contributed by atoms with Crippen LogP contribution in [0.2, 0.25) is 0 Å². The molecule has 0 bridgehead atoms. The Kier molecular flexibility index (Phi) is 5.75. The predicted molar refractivity (Wildman–Crippen MR) is 102 cm³/mol. The molecule has 5 nitrogen and oxygen atoms in total. The topological polar surface area (TPSA) is 55.5 Å². The van der Waals surface area contributed by atoms with Gasteiger partial charge in [0.25, 0.3) is 0 Å². The minimum Gasteiger partial charge on any atom is -0.361 e. The Bertz CT molecular complexity index is 675. The van der Waals surface area contributed by atoms with Gasteiger partial charge < -0.3 is 20.5 Å². The Morgan fingerprint density at radius 3 is 3.00 bits per heavy atom. The van der Waals surface area contributed by atoms with E-state index in [9.17, 15) is 0 Å². The number of para-hydroxylation sites is 1. The van der Waals surface area contributed by atoms with Gasteiger partial charge in [0.2, 0.25) is 0 Å². The number of aromatic nitrogens is 1. The largest absolute Gasteiger partial charge is 0.361 e. The van der Waals surface area contributed by atoms with E-state index in [4.69, 9.17) is 4.99 Å². The highest BCUT2D eigenvalue weighted by Crippen LogP contribution is 2.17. The molecule has 1 unspecified atom stereocenters. The molecule has 2 heterocycles. The summed E-state index contributed by atoms with van der Waals surface area (Å²) in [4.78, 5) is 10.5. The highest BCUT2D eigenvalue weighted by Gasteiger charge is 2.20. The molecule has 1 fully saturated rings. The zero-order valence-electron chi connectivity index (χ0n) is 14.8. The summed E-state index contributed by atoms with van der Waals surface area (Å²) >= 11 is 0. The molecule has 3 N–H and O–H groups in total. The molecule has 1 atom stereocenters. The second-order valence-electron chi connectivity index (χ2n) is 6.53. The minimum absolute atomic E-state index is 0.592. The van der Waals surface area contributed by atoms with E-state index in [-0.39, 0.29) is 0 Å². The third-order valence-corrected chi connectivity index (χ3v) is 4.84. The van der Waals surface area contributed by atoms with Crippen LogP contribution in [0.1, 0.15) is 25.3 Å². The van der Waals surface area contributed by atoms with Crippen molar-refractivity contribution in [1.29, 1.82) is 0 Å². The van der Waals surface area contributed by atoms with Gasteiger partial charge in [-0.15, -0.1) is 0 Å². The fraction of sp³-hybridized carbons (Fsp3) is 0.526. The van der Waals surface area contributed by atoms with Crippen molar-refractivity contribution in [3.63, 3.8) is 0 Å². The molecule has 3 rings (SSSR count). The van der Waals surface area contributed by atoms with Crippen LogP contribution in [0.25, 0.3) is 10.9 Å². The molecular weight excluding hydrogens is 298 g/mol. The van der Waals surface area contributed by atoms with Gasteiger partial charge in [-0.3, -0.25) is 4.99 Å². The van der Waals surface area contributed by atoms with Crippen LogP contribution in [0, 0.1) is 0 Å². The molecule has 1 aromatic carbocycles. The Morgan fingerprint density at radius 1 is 1.33 bits per heavy atom. The van der Waals surface area contributed by atoms with Crippen molar-refractivity contribution in [2.75, 3.05) is 33.2 Å². The smallest absolute Gasteiger partial charge is 0.191 e. The third-order valence-electron chi connectivity index (χ3n) is 4.84. The van der Waals surface area contributed by atoms with Crippen molar-refractivity contribution in [2.24, 2.45) is 4.99 Å². The Labute approximate surface area is 144 Å². The number of benzene rings is 1. The molecule has 0 spiro atoms. The fourth-order valence-electron chi connectivity index (χ4n) is 3.40. The van der Waals surface area contributed by atoms with Gasteiger partial charge in [-0.2, -0.15) is 0 Å². The number of likely N-dealkylation sites (N-methyl/N-ethyl adjacent to an activating group) is 1. The summed E-state index contributed by atoms with van der Waals surface area (Å²) in [6.07, 6.45) is 5.65. The van der Waals surface area contributed by atoms with Crippen molar-refractivity contribution in [2.45, 2.75) is 32.2 Å². The number of rotatable bonds is 6. The van der Waals surface area contributed by atoms with Crippen molar-refractivity contribution in [3.05, 3.63) is 36.0 Å². The number of aliphatic imine (C=N–C) groups is 1. The lowest BCUT2D eigenvalue weighted by atomic mass is 10.1. The van der Waals surface area contributed by atoms with Gasteiger partial charge in [-0.25, -0.2) is 0 Å². The summed E-state index contributed by atoms with van der Waals surface area (Å²) in [5.41, 5.74) is 2.56. The van der Waals surface area contributed by atoms with Gasteiger partial charge in [-0.05, 0) is 51.4 Å². The van der Waals surface area contributed by atoms with Crippen LogP contribution < -0.4 is 10.6 Å². The first-order valence-electron chi connectivity index (χ1n) is 9.05. The van der Waals surface area contributed by atoms with E-state index in [2.05, 4.69) is 65.0 Å². The van der Waals surface area contributed by atoms with E-state index >= 15 is 0 Å². The molecule has 1 saturated heterocycles. The molecule has 1 aliphatic rings. The number of hydrogen-bond donors (Lipinski definition) is 3. The predicted octanol–water partition coefficient (Wildman–Crippen LogP) is 2.36. The molecule has 1 aliphatic heterocycles. The molecule has 0 saturated carbocycles. The number of likely N-dealkylation sites (tertiary alicyclic amines) is 1. The van der Waals surface area contributed by atoms with Crippen molar-refractivity contribution in [3.8, 4) is 0 Å². The Balaban J connectivity index is 1.54. The van der Waals surface area contributed by atoms with Gasteiger partial charge in [0.05, 0.1) is 6.54 Å². The maximum absolute atomic E-state index is 4.77. The van der Waals surface area contributed by atoms with E-state index in [1.807, 2.05) is 0 Å². The van der Waals surface area contributed by atoms with Crippen molar-refractivity contribution < 1.29 is 0 Å². The average Bonchev–Trinajstić information content (AvgIpc) is 3.19. The van der Waals surface area contributed by atoms with Gasteiger partial charge in [0.15, 0.2) is 5.96 Å². The second-order valence-corrected chi connectivity index (χ2v) is 6.53. The summed E-state index contributed by atoms with van der Waals surface area (Å²) in [6.45, 7) is 5.95. The molecule has 1 aromatic heterocycles. The van der Waals surface area contributed by atoms with Crippen LogP contribution in [-0.4, -0.2) is 55.1 Å². The molecule has 0 radical (unpaired) electrons. The highest BCUT2D eigenvalue weighted by molar-refractivity contribution is 5.83. The van der Waals surface area contributed by atoms with Crippen LogP contribution in [0.5, 0.6) is 0 Å². The number of H-pyrrole nitrogens is 1. The first kappa shape index (κ1) is 16.8. The summed E-state index contributed by atoms with van der Waals surface area (Å²) in [6, 6.07) is 9.05. The normalized spacial score (nSPS) is 19.1. The fourth-order valence-corrected chi connectivity index (χ4v) is 3.40. The Hall–Kier alpha value is -2.01. The van der Waals surface area contributed by atoms with Gasteiger partial charge in [-0.1, -0.05) is 18.2 Å². The van der Waals surface area contributed by atoms with E-state index in [1.54, 1.807) is 0 Å². The standard InChI is InChI=1S/C19H29N5/c1-3-20-19(23-14-16-7-6-12-24(16)2)21-11-10-15-13-22-18-9-5-4-8-17(15)18/h4-5,8-9,13,16,22H,3,6-7,10-12,14H2,1-2H3,(H2,20,21,23). The molecule has 2 aromatic rings. The highest BCUT2D eigenvalue weighted by atomic mass is 15.2. The van der Waals surface area contributed by atoms with Gasteiger partial charge >= 0.3 is 0 Å². The number of hydrogen-bond acceptors (Lipinski definition) is 2. The summed E-state index contributed by atoms with van der Waals surface area (Å²) < 4.78 is 0. The van der Waals surface area contributed by atoms with Crippen LogP contribution >= 0.6 is 0 Å². The molecule has 24 heavy (non-hydrogen) atoms. The number of fused-ring (bicyclic) bond motifs is 1. The first-order valence-corrected chi connectivity index (χ1v) is 9.05. The second kappa shape index (κ2) is 8.20. The lowest BCUT2D eigenvalue weighted by molar-refractivity contribution is 0.317. The quantitative estimate of drug-likeness (QED) is 0.564. The van der Waals surface area contributed by atoms with Crippen LogP contribution in [0.4, 0.5) is 0 Å². The lowest BCUT2D eigenvalue weighted by Gasteiger charge is -2.18. The van der Waals surface area contributed by atoms with Gasteiger partial charge in [0, 0.05) is 36.2 Å². The molecule has 130 valence electrons. The summed E-state index contributed by atoms with van der Waals surface area (Å²) in [7, 11) is 2.20. The zero-order valence-corrected chi connectivity index (χ0v) is 14.8. The Morgan fingerprint density at radius 2 is 2.21 bits per heavy atom. The number of guanidine groups is 1.